The SMILES string of the molecule is CNS(=O)(=O)c1ccc(Nc2ncc3c(n2)N([C@@H](C)C2CC2)C(=O)C32CC2)cc1. The van der Waals surface area contributed by atoms with Gasteiger partial charge in [0, 0.05) is 23.5 Å². The van der Waals surface area contributed by atoms with E-state index in [4.69, 9.17) is 0 Å². The van der Waals surface area contributed by atoms with Crippen LogP contribution < -0.4 is 14.9 Å². The molecule has 1 atom stereocenters. The number of aromatic nitrogens is 2. The molecule has 8 nitrogen and oxygen atoms in total. The number of carbonyl (C=O) groups is 1. The molecule has 1 aromatic heterocycles. The summed E-state index contributed by atoms with van der Waals surface area (Å²) in [6, 6.07) is 6.52. The highest BCUT2D eigenvalue weighted by Gasteiger charge is 2.61. The maximum absolute atomic E-state index is 13.1. The molecule has 3 aliphatic rings. The van der Waals surface area contributed by atoms with E-state index < -0.39 is 15.4 Å². The lowest BCUT2D eigenvalue weighted by Crippen LogP contribution is -2.40. The highest BCUT2D eigenvalue weighted by Crippen LogP contribution is 2.58. The minimum absolute atomic E-state index is 0.148. The molecule has 1 aliphatic heterocycles. The monoisotopic (exact) mass is 413 g/mol. The lowest BCUT2D eigenvalue weighted by Gasteiger charge is -2.25. The van der Waals surface area contributed by atoms with Crippen molar-refractivity contribution in [1.29, 1.82) is 0 Å². The molecule has 0 saturated heterocycles. The zero-order valence-electron chi connectivity index (χ0n) is 16.3. The summed E-state index contributed by atoms with van der Waals surface area (Å²) in [6.45, 7) is 2.11. The van der Waals surface area contributed by atoms with Crippen molar-refractivity contribution in [3.63, 3.8) is 0 Å². The molecular formula is C20H23N5O3S. The lowest BCUT2D eigenvalue weighted by molar-refractivity contribution is -0.120. The van der Waals surface area contributed by atoms with Crippen molar-refractivity contribution in [2.45, 2.75) is 49.0 Å². The van der Waals surface area contributed by atoms with Gasteiger partial charge in [0.2, 0.25) is 21.9 Å². The molecule has 0 unspecified atom stereocenters. The summed E-state index contributed by atoms with van der Waals surface area (Å²) in [7, 11) is -2.10. The van der Waals surface area contributed by atoms with Gasteiger partial charge in [0.25, 0.3) is 0 Å². The fourth-order valence-electron chi connectivity index (χ4n) is 4.14. The third kappa shape index (κ3) is 2.91. The van der Waals surface area contributed by atoms with Crippen molar-refractivity contribution in [3.8, 4) is 0 Å². The Bertz CT molecular complexity index is 1090. The molecule has 1 amide bonds. The van der Waals surface area contributed by atoms with Gasteiger partial charge in [-0.1, -0.05) is 0 Å². The van der Waals surface area contributed by atoms with Crippen LogP contribution in [0.4, 0.5) is 17.5 Å². The van der Waals surface area contributed by atoms with E-state index in [1.165, 1.54) is 19.2 Å². The highest BCUT2D eigenvalue weighted by atomic mass is 32.2. The molecule has 2 fully saturated rings. The second kappa shape index (κ2) is 6.24. The van der Waals surface area contributed by atoms with Crippen molar-refractivity contribution in [2.75, 3.05) is 17.3 Å². The van der Waals surface area contributed by atoms with E-state index in [-0.39, 0.29) is 16.8 Å². The number of amides is 1. The Morgan fingerprint density at radius 2 is 1.90 bits per heavy atom. The van der Waals surface area contributed by atoms with Gasteiger partial charge in [-0.3, -0.25) is 9.69 Å². The van der Waals surface area contributed by atoms with Crippen molar-refractivity contribution in [1.82, 2.24) is 14.7 Å². The quantitative estimate of drug-likeness (QED) is 0.753. The third-order valence-electron chi connectivity index (χ3n) is 6.29. The number of fused-ring (bicyclic) bond motifs is 2. The molecule has 2 N–H and O–H groups in total. The molecular weight excluding hydrogens is 390 g/mol. The van der Waals surface area contributed by atoms with Crippen LogP contribution in [0.2, 0.25) is 0 Å². The summed E-state index contributed by atoms with van der Waals surface area (Å²) in [5.41, 5.74) is 1.21. The molecule has 0 bridgehead atoms. The zero-order chi connectivity index (χ0) is 20.4. The minimum atomic E-state index is -3.48. The summed E-state index contributed by atoms with van der Waals surface area (Å²) in [5.74, 6) is 1.83. The van der Waals surface area contributed by atoms with Gasteiger partial charge in [0.1, 0.15) is 5.82 Å². The largest absolute Gasteiger partial charge is 0.324 e. The van der Waals surface area contributed by atoms with Gasteiger partial charge in [0.15, 0.2) is 0 Å². The Labute approximate surface area is 169 Å². The average molecular weight is 414 g/mol. The van der Waals surface area contributed by atoms with Crippen LogP contribution in [0.15, 0.2) is 35.4 Å². The van der Waals surface area contributed by atoms with Crippen molar-refractivity contribution >= 4 is 33.4 Å². The van der Waals surface area contributed by atoms with E-state index in [2.05, 4.69) is 26.9 Å². The lowest BCUT2D eigenvalue weighted by atomic mass is 10.0. The fraction of sp³-hybridized carbons (Fsp3) is 0.450. The van der Waals surface area contributed by atoms with E-state index in [1.54, 1.807) is 18.3 Å². The summed E-state index contributed by atoms with van der Waals surface area (Å²) in [6.07, 6.45) is 5.82. The minimum Gasteiger partial charge on any atom is -0.324 e. The smallest absolute Gasteiger partial charge is 0.240 e. The summed E-state index contributed by atoms with van der Waals surface area (Å²) in [4.78, 5) is 24.3. The number of nitrogens with zero attached hydrogens (tertiary/aromatic N) is 3. The second-order valence-electron chi connectivity index (χ2n) is 8.12. The van der Waals surface area contributed by atoms with Crippen molar-refractivity contribution in [3.05, 3.63) is 36.0 Å². The summed E-state index contributed by atoms with van der Waals surface area (Å²) < 4.78 is 26.0. The van der Waals surface area contributed by atoms with Gasteiger partial charge < -0.3 is 5.32 Å². The van der Waals surface area contributed by atoms with Gasteiger partial charge in [-0.25, -0.2) is 18.1 Å². The Morgan fingerprint density at radius 3 is 2.48 bits per heavy atom. The number of sulfonamides is 1. The molecule has 9 heteroatoms. The zero-order valence-corrected chi connectivity index (χ0v) is 17.2. The third-order valence-corrected chi connectivity index (χ3v) is 7.72. The van der Waals surface area contributed by atoms with E-state index in [0.717, 1.165) is 37.1 Å². The number of anilines is 3. The molecule has 2 aromatic rings. The molecule has 0 radical (unpaired) electrons. The van der Waals surface area contributed by atoms with Crippen LogP contribution in [-0.2, 0) is 20.2 Å². The van der Waals surface area contributed by atoms with Crippen LogP contribution >= 0.6 is 0 Å². The number of benzene rings is 1. The molecule has 2 heterocycles. The highest BCUT2D eigenvalue weighted by molar-refractivity contribution is 7.89. The van der Waals surface area contributed by atoms with Crippen LogP contribution in [0.5, 0.6) is 0 Å². The van der Waals surface area contributed by atoms with E-state index >= 15 is 0 Å². The Hall–Kier alpha value is -2.52. The standard InChI is InChI=1S/C20H23N5O3S/c1-12(13-3-4-13)25-17-16(20(9-10-20)18(25)26)11-22-19(24-17)23-14-5-7-15(8-6-14)29(27,28)21-2/h5-8,11-13,21H,3-4,9-10H2,1-2H3,(H,22,23,24)/t12-/m0/s1. The number of hydrogen-bond donors (Lipinski definition) is 2. The van der Waals surface area contributed by atoms with Crippen LogP contribution in [-0.4, -0.2) is 37.4 Å². The molecule has 2 saturated carbocycles. The first-order valence-electron chi connectivity index (χ1n) is 9.87. The van der Waals surface area contributed by atoms with Crippen molar-refractivity contribution < 1.29 is 13.2 Å². The number of rotatable bonds is 6. The van der Waals surface area contributed by atoms with Crippen LogP contribution in [0.1, 0.15) is 38.2 Å². The predicted octanol–water partition coefficient (Wildman–Crippen LogP) is 2.30. The van der Waals surface area contributed by atoms with E-state index in [9.17, 15) is 13.2 Å². The molecule has 152 valence electrons. The topological polar surface area (TPSA) is 104 Å². The molecule has 29 heavy (non-hydrogen) atoms. The van der Waals surface area contributed by atoms with Gasteiger partial charge in [0.05, 0.1) is 10.3 Å². The Morgan fingerprint density at radius 1 is 1.21 bits per heavy atom. The average Bonchev–Trinajstić information content (AvgIpc) is 3.62. The maximum Gasteiger partial charge on any atom is 0.240 e. The first kappa shape index (κ1) is 18.5. The maximum atomic E-state index is 13.1. The second-order valence-corrected chi connectivity index (χ2v) is 10.0. The first-order valence-corrected chi connectivity index (χ1v) is 11.4. The molecule has 5 rings (SSSR count). The van der Waals surface area contributed by atoms with E-state index in [0.29, 0.717) is 17.6 Å². The van der Waals surface area contributed by atoms with Crippen molar-refractivity contribution in [2.24, 2.45) is 5.92 Å². The van der Waals surface area contributed by atoms with Gasteiger partial charge in [-0.05, 0) is 69.8 Å². The van der Waals surface area contributed by atoms with Crippen LogP contribution in [0.3, 0.4) is 0 Å². The van der Waals surface area contributed by atoms with Gasteiger partial charge in [-0.15, -0.1) is 0 Å². The first-order chi connectivity index (χ1) is 13.9. The molecule has 1 aromatic carbocycles. The number of hydrogen-bond acceptors (Lipinski definition) is 6. The van der Waals surface area contributed by atoms with Crippen LogP contribution in [0.25, 0.3) is 0 Å². The fourth-order valence-corrected chi connectivity index (χ4v) is 4.87. The normalized spacial score (nSPS) is 20.6. The van der Waals surface area contributed by atoms with Crippen LogP contribution in [0, 0.1) is 5.92 Å². The Balaban J connectivity index is 1.44. The summed E-state index contributed by atoms with van der Waals surface area (Å²) in [5, 5.41) is 3.12. The van der Waals surface area contributed by atoms with E-state index in [1.807, 2.05) is 4.90 Å². The summed E-state index contributed by atoms with van der Waals surface area (Å²) >= 11 is 0. The Kier molecular flexibility index (Phi) is 3.98. The predicted molar refractivity (Wildman–Crippen MR) is 109 cm³/mol. The number of nitrogens with one attached hydrogen (secondary N) is 2. The van der Waals surface area contributed by atoms with Gasteiger partial charge in [-0.2, -0.15) is 4.98 Å². The van der Waals surface area contributed by atoms with Gasteiger partial charge >= 0.3 is 0 Å². The number of carbonyl (C=O) groups excluding carboxylic acids is 1. The molecule has 2 aliphatic carbocycles. The molecule has 1 spiro atoms.